The standard InChI is InChI=1S/C13H15ClN4S2/c1-7(11-17-9(6-19-11)13(2,3)4)16-12-8(5-15)10(14)18-20-12/h6-7,16H,1-4H3. The molecule has 20 heavy (non-hydrogen) atoms. The number of thiazole rings is 1. The van der Waals surface area contributed by atoms with Crippen molar-refractivity contribution in [2.75, 3.05) is 5.32 Å². The van der Waals surface area contributed by atoms with E-state index in [2.05, 4.69) is 46.9 Å². The van der Waals surface area contributed by atoms with Crippen LogP contribution in [0.2, 0.25) is 5.15 Å². The van der Waals surface area contributed by atoms with E-state index in [-0.39, 0.29) is 16.6 Å². The summed E-state index contributed by atoms with van der Waals surface area (Å²) in [6.45, 7) is 8.43. The molecule has 2 rings (SSSR count). The summed E-state index contributed by atoms with van der Waals surface area (Å²) < 4.78 is 3.98. The van der Waals surface area contributed by atoms with Gasteiger partial charge in [-0.05, 0) is 18.5 Å². The lowest BCUT2D eigenvalue weighted by Gasteiger charge is -2.15. The van der Waals surface area contributed by atoms with Crippen molar-refractivity contribution in [1.82, 2.24) is 9.36 Å². The van der Waals surface area contributed by atoms with Crippen molar-refractivity contribution < 1.29 is 0 Å². The molecule has 2 aromatic heterocycles. The molecular formula is C13H15ClN4S2. The minimum absolute atomic E-state index is 0.0136. The van der Waals surface area contributed by atoms with E-state index < -0.39 is 0 Å². The summed E-state index contributed by atoms with van der Waals surface area (Å²) in [6.07, 6.45) is 0. The quantitative estimate of drug-likeness (QED) is 0.895. The number of anilines is 1. The molecule has 0 radical (unpaired) electrons. The Hall–Kier alpha value is -1.16. The highest BCUT2D eigenvalue weighted by Crippen LogP contribution is 2.32. The molecule has 106 valence electrons. The lowest BCUT2D eigenvalue weighted by atomic mass is 9.93. The van der Waals surface area contributed by atoms with Crippen molar-refractivity contribution in [3.05, 3.63) is 26.8 Å². The van der Waals surface area contributed by atoms with Gasteiger partial charge in [0.25, 0.3) is 0 Å². The van der Waals surface area contributed by atoms with E-state index in [0.717, 1.165) is 10.7 Å². The first-order valence-electron chi connectivity index (χ1n) is 6.10. The summed E-state index contributed by atoms with van der Waals surface area (Å²) in [4.78, 5) is 4.66. The number of halogens is 1. The maximum Gasteiger partial charge on any atom is 0.162 e. The number of hydrogen-bond acceptors (Lipinski definition) is 6. The zero-order chi connectivity index (χ0) is 14.9. The van der Waals surface area contributed by atoms with Crippen LogP contribution in [-0.2, 0) is 5.41 Å². The topological polar surface area (TPSA) is 61.6 Å². The van der Waals surface area contributed by atoms with Gasteiger partial charge in [-0.15, -0.1) is 11.3 Å². The molecule has 1 atom stereocenters. The highest BCUT2D eigenvalue weighted by atomic mass is 35.5. The van der Waals surface area contributed by atoms with Gasteiger partial charge in [0.05, 0.1) is 11.7 Å². The van der Waals surface area contributed by atoms with E-state index in [1.54, 1.807) is 11.3 Å². The highest BCUT2D eigenvalue weighted by molar-refractivity contribution is 7.11. The van der Waals surface area contributed by atoms with E-state index in [1.165, 1.54) is 11.5 Å². The summed E-state index contributed by atoms with van der Waals surface area (Å²) in [6, 6.07) is 2.08. The smallest absolute Gasteiger partial charge is 0.162 e. The van der Waals surface area contributed by atoms with Gasteiger partial charge in [0.1, 0.15) is 21.6 Å². The maximum atomic E-state index is 9.06. The van der Waals surface area contributed by atoms with Crippen LogP contribution < -0.4 is 5.32 Å². The Kier molecular flexibility index (Phi) is 4.33. The molecular weight excluding hydrogens is 312 g/mol. The van der Waals surface area contributed by atoms with E-state index in [4.69, 9.17) is 16.9 Å². The first-order valence-corrected chi connectivity index (χ1v) is 8.13. The lowest BCUT2D eigenvalue weighted by molar-refractivity contribution is 0.569. The Morgan fingerprint density at radius 2 is 2.15 bits per heavy atom. The summed E-state index contributed by atoms with van der Waals surface area (Å²) in [7, 11) is 0. The van der Waals surface area contributed by atoms with E-state index in [0.29, 0.717) is 10.6 Å². The molecule has 0 saturated heterocycles. The second kappa shape index (κ2) is 5.68. The van der Waals surface area contributed by atoms with Crippen molar-refractivity contribution in [1.29, 1.82) is 5.26 Å². The zero-order valence-electron chi connectivity index (χ0n) is 11.7. The Labute approximate surface area is 131 Å². The van der Waals surface area contributed by atoms with Gasteiger partial charge >= 0.3 is 0 Å². The van der Waals surface area contributed by atoms with Gasteiger partial charge in [-0.2, -0.15) is 9.64 Å². The molecule has 0 fully saturated rings. The van der Waals surface area contributed by atoms with E-state index in [9.17, 15) is 0 Å². The number of rotatable bonds is 3. The third kappa shape index (κ3) is 3.11. The Balaban J connectivity index is 2.18. The van der Waals surface area contributed by atoms with Crippen LogP contribution in [0.1, 0.15) is 50.0 Å². The monoisotopic (exact) mass is 326 g/mol. The van der Waals surface area contributed by atoms with Crippen LogP contribution in [0.4, 0.5) is 5.00 Å². The summed E-state index contributed by atoms with van der Waals surface area (Å²) in [5.41, 5.74) is 1.52. The molecule has 0 amide bonds. The largest absolute Gasteiger partial charge is 0.366 e. The SMILES string of the molecule is CC(Nc1snc(Cl)c1C#N)c1nc(C(C)(C)C)cs1. The predicted octanol–water partition coefficient (Wildman–Crippen LogP) is 4.60. The van der Waals surface area contributed by atoms with Crippen LogP contribution in [0, 0.1) is 11.3 Å². The fraction of sp³-hybridized carbons (Fsp3) is 0.462. The average molecular weight is 327 g/mol. The molecule has 2 heterocycles. The number of hydrogen-bond donors (Lipinski definition) is 1. The van der Waals surface area contributed by atoms with Gasteiger partial charge in [-0.1, -0.05) is 32.4 Å². The summed E-state index contributed by atoms with van der Waals surface area (Å²) >= 11 is 8.68. The molecule has 0 bridgehead atoms. The first-order chi connectivity index (χ1) is 9.32. The Bertz CT molecular complexity index is 648. The van der Waals surface area contributed by atoms with Crippen LogP contribution in [0.3, 0.4) is 0 Å². The van der Waals surface area contributed by atoms with Crippen LogP contribution >= 0.6 is 34.5 Å². The molecule has 2 aromatic rings. The lowest BCUT2D eigenvalue weighted by Crippen LogP contribution is -2.13. The number of nitrogens with zero attached hydrogens (tertiary/aromatic N) is 3. The fourth-order valence-electron chi connectivity index (χ4n) is 1.56. The number of nitriles is 1. The second-order valence-corrected chi connectivity index (χ2v) is 7.50. The van der Waals surface area contributed by atoms with Gasteiger partial charge in [0.2, 0.25) is 0 Å². The van der Waals surface area contributed by atoms with Gasteiger partial charge in [0.15, 0.2) is 5.15 Å². The number of nitrogens with one attached hydrogen (secondary N) is 1. The minimum atomic E-state index is 0.0136. The Morgan fingerprint density at radius 3 is 2.70 bits per heavy atom. The minimum Gasteiger partial charge on any atom is -0.366 e. The van der Waals surface area contributed by atoms with Crippen LogP contribution in [0.15, 0.2) is 5.38 Å². The summed E-state index contributed by atoms with van der Waals surface area (Å²) in [5, 5.41) is 16.3. The predicted molar refractivity (Wildman–Crippen MR) is 84.7 cm³/mol. The van der Waals surface area contributed by atoms with E-state index in [1.807, 2.05) is 6.92 Å². The van der Waals surface area contributed by atoms with Crippen molar-refractivity contribution in [3.63, 3.8) is 0 Å². The van der Waals surface area contributed by atoms with Crippen molar-refractivity contribution in [3.8, 4) is 6.07 Å². The van der Waals surface area contributed by atoms with E-state index >= 15 is 0 Å². The third-order valence-electron chi connectivity index (χ3n) is 2.77. The van der Waals surface area contributed by atoms with Crippen LogP contribution in [0.5, 0.6) is 0 Å². The molecule has 1 N–H and O–H groups in total. The summed E-state index contributed by atoms with van der Waals surface area (Å²) in [5.74, 6) is 0. The average Bonchev–Trinajstić information content (AvgIpc) is 2.96. The van der Waals surface area contributed by atoms with Crippen LogP contribution in [0.25, 0.3) is 0 Å². The Morgan fingerprint density at radius 1 is 1.45 bits per heavy atom. The third-order valence-corrected chi connectivity index (χ3v) is 4.95. The maximum absolute atomic E-state index is 9.06. The first kappa shape index (κ1) is 15.2. The number of aromatic nitrogens is 2. The fourth-order valence-corrected chi connectivity index (χ4v) is 3.63. The van der Waals surface area contributed by atoms with Crippen molar-refractivity contribution in [2.24, 2.45) is 0 Å². The molecule has 0 aliphatic heterocycles. The molecule has 0 aliphatic carbocycles. The van der Waals surface area contributed by atoms with Crippen molar-refractivity contribution >= 4 is 39.5 Å². The molecule has 0 saturated carbocycles. The molecule has 4 nitrogen and oxygen atoms in total. The van der Waals surface area contributed by atoms with Crippen molar-refractivity contribution in [2.45, 2.75) is 39.2 Å². The normalized spacial score (nSPS) is 13.0. The highest BCUT2D eigenvalue weighted by Gasteiger charge is 2.21. The molecule has 7 heteroatoms. The van der Waals surface area contributed by atoms with Gasteiger partial charge in [0, 0.05) is 10.8 Å². The molecule has 1 unspecified atom stereocenters. The van der Waals surface area contributed by atoms with Gasteiger partial charge in [-0.3, -0.25) is 0 Å². The zero-order valence-corrected chi connectivity index (χ0v) is 14.1. The second-order valence-electron chi connectivity index (χ2n) is 5.48. The molecule has 0 aliphatic rings. The van der Waals surface area contributed by atoms with Gasteiger partial charge < -0.3 is 5.32 Å². The van der Waals surface area contributed by atoms with Crippen LogP contribution in [-0.4, -0.2) is 9.36 Å². The van der Waals surface area contributed by atoms with Gasteiger partial charge in [-0.25, -0.2) is 4.98 Å². The molecule has 0 spiro atoms. The molecule has 0 aromatic carbocycles.